The van der Waals surface area contributed by atoms with Crippen LogP contribution in [0.25, 0.3) is 6.08 Å². The van der Waals surface area contributed by atoms with E-state index in [4.69, 9.17) is 9.47 Å². The van der Waals surface area contributed by atoms with Crippen molar-refractivity contribution in [3.8, 4) is 0 Å². The Hall–Kier alpha value is -1.12. The lowest BCUT2D eigenvalue weighted by molar-refractivity contribution is -0.0525. The highest BCUT2D eigenvalue weighted by Gasteiger charge is 2.37. The maximum Gasteiger partial charge on any atom is 0.0812 e. The molecule has 2 fully saturated rings. The third-order valence-corrected chi connectivity index (χ3v) is 3.67. The second kappa shape index (κ2) is 5.03. The van der Waals surface area contributed by atoms with E-state index in [0.717, 1.165) is 26.1 Å². The summed E-state index contributed by atoms with van der Waals surface area (Å²) in [4.78, 5) is 0. The largest absolute Gasteiger partial charge is 0.378 e. The van der Waals surface area contributed by atoms with Gasteiger partial charge in [0.05, 0.1) is 12.2 Å². The van der Waals surface area contributed by atoms with Crippen LogP contribution in [0.2, 0.25) is 0 Å². The Balaban J connectivity index is 1.70. The van der Waals surface area contributed by atoms with Gasteiger partial charge in [-0.1, -0.05) is 42.5 Å². The molecule has 2 aliphatic rings. The minimum Gasteiger partial charge on any atom is -0.378 e. The number of hydrogen-bond donors (Lipinski definition) is 0. The van der Waals surface area contributed by atoms with Gasteiger partial charge in [0.25, 0.3) is 0 Å². The normalized spacial score (nSPS) is 32.8. The summed E-state index contributed by atoms with van der Waals surface area (Å²) in [5, 5.41) is 0. The van der Waals surface area contributed by atoms with Crippen molar-refractivity contribution in [2.45, 2.75) is 25.0 Å². The van der Waals surface area contributed by atoms with Gasteiger partial charge in [0.15, 0.2) is 0 Å². The van der Waals surface area contributed by atoms with Crippen LogP contribution in [-0.4, -0.2) is 25.4 Å². The molecule has 3 atom stereocenters. The summed E-state index contributed by atoms with van der Waals surface area (Å²) in [5.41, 5.74) is 1.23. The van der Waals surface area contributed by atoms with E-state index < -0.39 is 0 Å². The minimum atomic E-state index is 0.233. The molecule has 0 unspecified atom stereocenters. The van der Waals surface area contributed by atoms with Crippen molar-refractivity contribution in [3.05, 3.63) is 42.0 Å². The van der Waals surface area contributed by atoms with Crippen LogP contribution >= 0.6 is 0 Å². The molecule has 2 saturated heterocycles. The van der Waals surface area contributed by atoms with E-state index in [1.807, 2.05) is 6.07 Å². The molecule has 2 nitrogen and oxygen atoms in total. The molecule has 0 saturated carbocycles. The van der Waals surface area contributed by atoms with Crippen LogP contribution in [0.4, 0.5) is 0 Å². The molecule has 2 heterocycles. The summed E-state index contributed by atoms with van der Waals surface area (Å²) in [5.74, 6) is 0.559. The standard InChI is InChI=1S/C15H18O2/c1-2-4-12(5-3-1)6-7-14-13-8-10-16-15(13)9-11-17-14/h1-7,13-15H,8-11H2/b7-6+/t13-,14-,15-/m0/s1. The molecular weight excluding hydrogens is 212 g/mol. The van der Waals surface area contributed by atoms with E-state index in [0.29, 0.717) is 12.0 Å². The Morgan fingerprint density at radius 3 is 2.71 bits per heavy atom. The first-order valence-electron chi connectivity index (χ1n) is 6.40. The van der Waals surface area contributed by atoms with Crippen LogP contribution in [0.5, 0.6) is 0 Å². The summed E-state index contributed by atoms with van der Waals surface area (Å²) in [7, 11) is 0. The molecule has 0 aromatic heterocycles. The zero-order chi connectivity index (χ0) is 11.5. The Kier molecular flexibility index (Phi) is 3.25. The van der Waals surface area contributed by atoms with Crippen molar-refractivity contribution in [1.82, 2.24) is 0 Å². The molecule has 1 aromatic rings. The number of hydrogen-bond acceptors (Lipinski definition) is 2. The molecule has 0 aliphatic carbocycles. The first-order chi connectivity index (χ1) is 8.43. The molecule has 17 heavy (non-hydrogen) atoms. The van der Waals surface area contributed by atoms with Crippen molar-refractivity contribution in [1.29, 1.82) is 0 Å². The fraction of sp³-hybridized carbons (Fsp3) is 0.467. The first kappa shape index (κ1) is 11.0. The predicted octanol–water partition coefficient (Wildman–Crippen LogP) is 2.89. The van der Waals surface area contributed by atoms with E-state index in [9.17, 15) is 0 Å². The van der Waals surface area contributed by atoms with Crippen LogP contribution in [0.3, 0.4) is 0 Å². The van der Waals surface area contributed by atoms with Gasteiger partial charge in [0.2, 0.25) is 0 Å². The molecule has 0 amide bonds. The number of ether oxygens (including phenoxy) is 2. The van der Waals surface area contributed by atoms with Crippen molar-refractivity contribution in [2.24, 2.45) is 5.92 Å². The molecule has 1 aromatic carbocycles. The zero-order valence-electron chi connectivity index (χ0n) is 9.92. The van der Waals surface area contributed by atoms with Crippen molar-refractivity contribution < 1.29 is 9.47 Å². The maximum atomic E-state index is 5.85. The van der Waals surface area contributed by atoms with Gasteiger partial charge in [-0.25, -0.2) is 0 Å². The van der Waals surface area contributed by atoms with E-state index in [1.165, 1.54) is 5.56 Å². The lowest BCUT2D eigenvalue weighted by atomic mass is 9.90. The lowest BCUT2D eigenvalue weighted by Gasteiger charge is -2.30. The Bertz CT molecular complexity index is 385. The molecular formula is C15H18O2. The van der Waals surface area contributed by atoms with Crippen LogP contribution in [0, 0.1) is 5.92 Å². The monoisotopic (exact) mass is 230 g/mol. The average molecular weight is 230 g/mol. The molecule has 0 N–H and O–H groups in total. The minimum absolute atomic E-state index is 0.233. The molecule has 0 spiro atoms. The summed E-state index contributed by atoms with van der Waals surface area (Å²) in [6.07, 6.45) is 7.20. The Morgan fingerprint density at radius 1 is 1.00 bits per heavy atom. The third kappa shape index (κ3) is 2.43. The highest BCUT2D eigenvalue weighted by atomic mass is 16.5. The van der Waals surface area contributed by atoms with Gasteiger partial charge in [0, 0.05) is 19.1 Å². The van der Waals surface area contributed by atoms with Crippen LogP contribution in [0.1, 0.15) is 18.4 Å². The molecule has 3 rings (SSSR count). The van der Waals surface area contributed by atoms with Gasteiger partial charge in [-0.3, -0.25) is 0 Å². The predicted molar refractivity (Wildman–Crippen MR) is 67.7 cm³/mol. The molecule has 0 bridgehead atoms. The van der Waals surface area contributed by atoms with Crippen molar-refractivity contribution >= 4 is 6.08 Å². The Labute approximate surface area is 102 Å². The van der Waals surface area contributed by atoms with Gasteiger partial charge in [0.1, 0.15) is 0 Å². The summed E-state index contributed by atoms with van der Waals surface area (Å²) < 4.78 is 11.6. The first-order valence-corrected chi connectivity index (χ1v) is 6.40. The maximum absolute atomic E-state index is 5.85. The van der Waals surface area contributed by atoms with Gasteiger partial charge in [-0.15, -0.1) is 0 Å². The van der Waals surface area contributed by atoms with Gasteiger partial charge in [-0.2, -0.15) is 0 Å². The number of fused-ring (bicyclic) bond motifs is 1. The lowest BCUT2D eigenvalue weighted by Crippen LogP contribution is -2.35. The fourth-order valence-corrected chi connectivity index (χ4v) is 2.75. The molecule has 0 radical (unpaired) electrons. The highest BCUT2D eigenvalue weighted by molar-refractivity contribution is 5.49. The smallest absolute Gasteiger partial charge is 0.0812 e. The molecule has 2 aliphatic heterocycles. The topological polar surface area (TPSA) is 18.5 Å². The average Bonchev–Trinajstić information content (AvgIpc) is 2.86. The van der Waals surface area contributed by atoms with Crippen LogP contribution in [-0.2, 0) is 9.47 Å². The second-order valence-corrected chi connectivity index (χ2v) is 4.76. The van der Waals surface area contributed by atoms with Crippen molar-refractivity contribution in [2.75, 3.05) is 13.2 Å². The number of rotatable bonds is 2. The molecule has 90 valence electrons. The van der Waals surface area contributed by atoms with E-state index in [2.05, 4.69) is 36.4 Å². The van der Waals surface area contributed by atoms with Gasteiger partial charge in [-0.05, 0) is 18.4 Å². The zero-order valence-corrected chi connectivity index (χ0v) is 9.92. The SMILES string of the molecule is C(=C\[C@@H]1OCC[C@@H]2OCC[C@@H]12)/c1ccccc1. The Morgan fingerprint density at radius 2 is 1.82 bits per heavy atom. The summed E-state index contributed by atoms with van der Waals surface area (Å²) >= 11 is 0. The van der Waals surface area contributed by atoms with E-state index in [-0.39, 0.29) is 6.10 Å². The number of benzene rings is 1. The highest BCUT2D eigenvalue weighted by Crippen LogP contribution is 2.32. The molecule has 2 heteroatoms. The summed E-state index contributed by atoms with van der Waals surface area (Å²) in [6, 6.07) is 10.4. The van der Waals surface area contributed by atoms with Crippen molar-refractivity contribution in [3.63, 3.8) is 0 Å². The second-order valence-electron chi connectivity index (χ2n) is 4.76. The van der Waals surface area contributed by atoms with Crippen LogP contribution in [0.15, 0.2) is 36.4 Å². The van der Waals surface area contributed by atoms with Gasteiger partial charge >= 0.3 is 0 Å². The van der Waals surface area contributed by atoms with E-state index >= 15 is 0 Å². The third-order valence-electron chi connectivity index (χ3n) is 3.67. The summed E-state index contributed by atoms with van der Waals surface area (Å²) in [6.45, 7) is 1.72. The quantitative estimate of drug-likeness (QED) is 0.777. The van der Waals surface area contributed by atoms with Gasteiger partial charge < -0.3 is 9.47 Å². The van der Waals surface area contributed by atoms with Crippen LogP contribution < -0.4 is 0 Å². The fourth-order valence-electron chi connectivity index (χ4n) is 2.75. The van der Waals surface area contributed by atoms with E-state index in [1.54, 1.807) is 0 Å².